The number of hydrogen-bond acceptors (Lipinski definition) is 3. The quantitative estimate of drug-likeness (QED) is 0.235. The van der Waals surface area contributed by atoms with Gasteiger partial charge in [0.05, 0.1) is 0 Å². The van der Waals surface area contributed by atoms with Gasteiger partial charge in [0.2, 0.25) is 0 Å². The van der Waals surface area contributed by atoms with Crippen LogP contribution in [0.1, 0.15) is 0 Å². The van der Waals surface area contributed by atoms with Crippen LogP contribution in [0.5, 0.6) is 0 Å². The molecule has 0 aliphatic rings. The molecule has 188 valence electrons. The molecule has 0 aliphatic carbocycles. The zero-order chi connectivity index (χ0) is 26.5. The van der Waals surface area contributed by atoms with Crippen LogP contribution in [0.25, 0.3) is 72.3 Å². The third-order valence-corrected chi connectivity index (χ3v) is 7.57. The molecule has 8 rings (SSSR count). The standard InChI is InChI=1S/C36H23N3O/c1-3-12-24(13-4-1)35-37-38-36(39(35)25-14-5-2-6-15-25)32-22-10-17-26-27(18-9-19-28(26)32)30-20-11-21-31-29-16-7-8-23-33(29)40-34(30)31/h1-23H. The predicted octanol–water partition coefficient (Wildman–Crippen LogP) is 9.32. The van der Waals surface area contributed by atoms with Crippen LogP contribution in [0.3, 0.4) is 0 Å². The second-order valence-electron chi connectivity index (χ2n) is 9.87. The third-order valence-electron chi connectivity index (χ3n) is 7.57. The van der Waals surface area contributed by atoms with E-state index in [4.69, 9.17) is 9.52 Å². The van der Waals surface area contributed by atoms with E-state index in [1.165, 1.54) is 0 Å². The number of hydrogen-bond donors (Lipinski definition) is 0. The molecule has 2 aromatic heterocycles. The van der Waals surface area contributed by atoms with Gasteiger partial charge in [-0.25, -0.2) is 0 Å². The Labute approximate surface area is 230 Å². The van der Waals surface area contributed by atoms with Gasteiger partial charge in [0.25, 0.3) is 0 Å². The summed E-state index contributed by atoms with van der Waals surface area (Å²) >= 11 is 0. The molecule has 4 heteroatoms. The summed E-state index contributed by atoms with van der Waals surface area (Å²) in [5.41, 5.74) is 7.05. The van der Waals surface area contributed by atoms with Gasteiger partial charge >= 0.3 is 0 Å². The van der Waals surface area contributed by atoms with E-state index in [1.807, 2.05) is 48.5 Å². The van der Waals surface area contributed by atoms with Crippen LogP contribution in [0, 0.1) is 0 Å². The van der Waals surface area contributed by atoms with Gasteiger partial charge in [0.1, 0.15) is 11.2 Å². The Morgan fingerprint density at radius 1 is 0.425 bits per heavy atom. The largest absolute Gasteiger partial charge is 0.455 e. The van der Waals surface area contributed by atoms with Crippen LogP contribution in [-0.2, 0) is 0 Å². The van der Waals surface area contributed by atoms with Crippen molar-refractivity contribution in [3.63, 3.8) is 0 Å². The lowest BCUT2D eigenvalue weighted by Gasteiger charge is -2.14. The molecule has 4 nitrogen and oxygen atoms in total. The van der Waals surface area contributed by atoms with Crippen molar-refractivity contribution in [3.05, 3.63) is 140 Å². The van der Waals surface area contributed by atoms with Crippen LogP contribution in [-0.4, -0.2) is 14.8 Å². The summed E-state index contributed by atoms with van der Waals surface area (Å²) in [6.07, 6.45) is 0. The lowest BCUT2D eigenvalue weighted by Crippen LogP contribution is -2.00. The van der Waals surface area contributed by atoms with Gasteiger partial charge in [-0.3, -0.25) is 4.57 Å². The van der Waals surface area contributed by atoms with Crippen molar-refractivity contribution < 1.29 is 4.42 Å². The minimum Gasteiger partial charge on any atom is -0.455 e. The van der Waals surface area contributed by atoms with Crippen molar-refractivity contribution in [2.45, 2.75) is 0 Å². The summed E-state index contributed by atoms with van der Waals surface area (Å²) in [6.45, 7) is 0. The Hall–Kier alpha value is -5.48. The van der Waals surface area contributed by atoms with E-state index in [2.05, 4.69) is 101 Å². The van der Waals surface area contributed by atoms with Crippen LogP contribution in [0.4, 0.5) is 0 Å². The SMILES string of the molecule is c1ccc(-c2nnc(-c3cccc4c(-c5cccc6c5oc5ccccc56)cccc34)n2-c2ccccc2)cc1. The molecule has 2 heterocycles. The lowest BCUT2D eigenvalue weighted by molar-refractivity contribution is 0.670. The molecule has 6 aromatic carbocycles. The van der Waals surface area contributed by atoms with E-state index in [0.717, 1.165) is 72.3 Å². The fourth-order valence-corrected chi connectivity index (χ4v) is 5.75. The average molecular weight is 514 g/mol. The van der Waals surface area contributed by atoms with Crippen LogP contribution in [0.15, 0.2) is 144 Å². The van der Waals surface area contributed by atoms with E-state index >= 15 is 0 Å². The fourth-order valence-electron chi connectivity index (χ4n) is 5.75. The zero-order valence-electron chi connectivity index (χ0n) is 21.5. The normalized spacial score (nSPS) is 11.5. The topological polar surface area (TPSA) is 43.9 Å². The Bertz CT molecular complexity index is 2160. The van der Waals surface area contributed by atoms with Gasteiger partial charge in [-0.15, -0.1) is 10.2 Å². The highest BCUT2D eigenvalue weighted by Crippen LogP contribution is 2.40. The van der Waals surface area contributed by atoms with E-state index in [9.17, 15) is 0 Å². The molecule has 0 bridgehead atoms. The zero-order valence-corrected chi connectivity index (χ0v) is 21.5. The first-order valence-corrected chi connectivity index (χ1v) is 13.4. The summed E-state index contributed by atoms with van der Waals surface area (Å²) in [4.78, 5) is 0. The molecule has 0 radical (unpaired) electrons. The van der Waals surface area contributed by atoms with E-state index in [1.54, 1.807) is 0 Å². The van der Waals surface area contributed by atoms with Gasteiger partial charge in [0, 0.05) is 33.2 Å². The lowest BCUT2D eigenvalue weighted by atomic mass is 9.94. The molecule has 40 heavy (non-hydrogen) atoms. The smallest absolute Gasteiger partial charge is 0.169 e. The Morgan fingerprint density at radius 2 is 1.00 bits per heavy atom. The van der Waals surface area contributed by atoms with Gasteiger partial charge in [-0.05, 0) is 34.5 Å². The maximum absolute atomic E-state index is 6.40. The van der Waals surface area contributed by atoms with Crippen molar-refractivity contribution in [1.29, 1.82) is 0 Å². The summed E-state index contributed by atoms with van der Waals surface area (Å²) < 4.78 is 8.55. The van der Waals surface area contributed by atoms with Gasteiger partial charge in [-0.1, -0.05) is 121 Å². The monoisotopic (exact) mass is 513 g/mol. The molecule has 8 aromatic rings. The van der Waals surface area contributed by atoms with Crippen LogP contribution < -0.4 is 0 Å². The first kappa shape index (κ1) is 22.5. The van der Waals surface area contributed by atoms with E-state index in [-0.39, 0.29) is 0 Å². The predicted molar refractivity (Wildman–Crippen MR) is 162 cm³/mol. The minimum absolute atomic E-state index is 0.801. The molecular weight excluding hydrogens is 490 g/mol. The number of rotatable bonds is 4. The number of aromatic nitrogens is 3. The fraction of sp³-hybridized carbons (Fsp3) is 0. The highest BCUT2D eigenvalue weighted by atomic mass is 16.3. The van der Waals surface area contributed by atoms with Crippen molar-refractivity contribution in [1.82, 2.24) is 14.8 Å². The summed E-state index contributed by atoms with van der Waals surface area (Å²) in [5, 5.41) is 14.0. The van der Waals surface area contributed by atoms with Crippen molar-refractivity contribution in [3.8, 4) is 39.6 Å². The van der Waals surface area contributed by atoms with Crippen LogP contribution >= 0.6 is 0 Å². The van der Waals surface area contributed by atoms with Gasteiger partial charge in [-0.2, -0.15) is 0 Å². The maximum atomic E-state index is 6.40. The van der Waals surface area contributed by atoms with Crippen LogP contribution in [0.2, 0.25) is 0 Å². The summed E-state index contributed by atoms with van der Waals surface area (Å²) in [5.74, 6) is 1.61. The molecule has 0 spiro atoms. The van der Waals surface area contributed by atoms with Gasteiger partial charge < -0.3 is 4.42 Å². The summed E-state index contributed by atoms with van der Waals surface area (Å²) in [7, 11) is 0. The average Bonchev–Trinajstić information content (AvgIpc) is 3.64. The number of benzene rings is 6. The molecule has 0 fully saturated rings. The third kappa shape index (κ3) is 3.47. The Morgan fingerprint density at radius 3 is 1.80 bits per heavy atom. The number of nitrogens with zero attached hydrogens (tertiary/aromatic N) is 3. The number of fused-ring (bicyclic) bond motifs is 4. The molecule has 0 atom stereocenters. The molecular formula is C36H23N3O. The van der Waals surface area contributed by atoms with Gasteiger partial charge in [0.15, 0.2) is 11.6 Å². The van der Waals surface area contributed by atoms with Crippen molar-refractivity contribution in [2.24, 2.45) is 0 Å². The molecule has 0 aliphatic heterocycles. The molecule has 0 saturated carbocycles. The second kappa shape index (κ2) is 9.07. The second-order valence-corrected chi connectivity index (χ2v) is 9.87. The van der Waals surface area contributed by atoms with Crippen molar-refractivity contribution in [2.75, 3.05) is 0 Å². The minimum atomic E-state index is 0.801. The Kier molecular flexibility index (Phi) is 5.10. The summed E-state index contributed by atoms with van der Waals surface area (Å²) in [6, 6.07) is 48.0. The first-order chi connectivity index (χ1) is 19.9. The number of para-hydroxylation sites is 3. The van der Waals surface area contributed by atoms with E-state index in [0.29, 0.717) is 0 Å². The first-order valence-electron chi connectivity index (χ1n) is 13.4. The highest BCUT2D eigenvalue weighted by Gasteiger charge is 2.20. The molecule has 0 unspecified atom stereocenters. The highest BCUT2D eigenvalue weighted by molar-refractivity contribution is 6.13. The number of furan rings is 1. The maximum Gasteiger partial charge on any atom is 0.169 e. The Balaban J connectivity index is 1.38. The molecule has 0 N–H and O–H groups in total. The molecule has 0 saturated heterocycles. The molecule has 0 amide bonds. The van der Waals surface area contributed by atoms with E-state index < -0.39 is 0 Å². The van der Waals surface area contributed by atoms with Crippen molar-refractivity contribution >= 4 is 32.7 Å².